The zero-order valence-electron chi connectivity index (χ0n) is 22.7. The van der Waals surface area contributed by atoms with Crippen molar-refractivity contribution in [1.82, 2.24) is 9.88 Å². The van der Waals surface area contributed by atoms with Gasteiger partial charge in [-0.15, -0.1) is 0 Å². The first-order valence-corrected chi connectivity index (χ1v) is 13.2. The third-order valence-corrected chi connectivity index (χ3v) is 6.94. The summed E-state index contributed by atoms with van der Waals surface area (Å²) in [6.07, 6.45) is -1.93. The van der Waals surface area contributed by atoms with E-state index in [1.807, 2.05) is 55.4 Å². The Morgan fingerprint density at radius 2 is 1.76 bits per heavy atom. The van der Waals surface area contributed by atoms with Crippen LogP contribution >= 0.6 is 0 Å². The molecule has 1 aliphatic heterocycles. The van der Waals surface area contributed by atoms with E-state index in [1.165, 1.54) is 12.1 Å². The lowest BCUT2D eigenvalue weighted by molar-refractivity contribution is -0.137. The Bertz CT molecular complexity index is 1570. The van der Waals surface area contributed by atoms with Gasteiger partial charge in [-0.2, -0.15) is 13.2 Å². The van der Waals surface area contributed by atoms with Crippen LogP contribution in [0.3, 0.4) is 0 Å². The summed E-state index contributed by atoms with van der Waals surface area (Å²) in [4.78, 5) is 34.3. The Morgan fingerprint density at radius 1 is 0.976 bits per heavy atom. The summed E-state index contributed by atoms with van der Waals surface area (Å²) in [5.74, 6) is -0.421. The molecule has 9 heteroatoms. The number of carbonyl (C=O) groups is 2. The Balaban J connectivity index is 1.38. The molecule has 5 rings (SSSR count). The predicted octanol–water partition coefficient (Wildman–Crippen LogP) is 6.21. The highest BCUT2D eigenvalue weighted by atomic mass is 19.4. The number of benzene rings is 3. The maximum atomic E-state index is 13.5. The van der Waals surface area contributed by atoms with Crippen LogP contribution in [0, 0.1) is 0 Å². The molecule has 1 aliphatic rings. The summed E-state index contributed by atoms with van der Waals surface area (Å²) in [5, 5.41) is 2.94. The number of halogens is 3. The molecule has 2 heterocycles. The fourth-order valence-electron chi connectivity index (χ4n) is 5.02. The minimum Gasteiger partial charge on any atom is -0.322 e. The number of fused-ring (bicyclic) bond motifs is 1. The fraction of sp³-hybridized carbons (Fsp3) is 0.219. The highest BCUT2D eigenvalue weighted by Gasteiger charge is 2.30. The average molecular weight is 559 g/mol. The topological polar surface area (TPSA) is 65.5 Å². The molecule has 1 aromatic heterocycles. The summed E-state index contributed by atoms with van der Waals surface area (Å²) in [6.45, 7) is 1.15. The van der Waals surface area contributed by atoms with E-state index in [9.17, 15) is 22.8 Å². The largest absolute Gasteiger partial charge is 0.416 e. The highest BCUT2D eigenvalue weighted by Crippen LogP contribution is 2.34. The third-order valence-electron chi connectivity index (χ3n) is 6.94. The van der Waals surface area contributed by atoms with E-state index < -0.39 is 11.7 Å². The van der Waals surface area contributed by atoms with Gasteiger partial charge in [0.15, 0.2) is 0 Å². The van der Waals surface area contributed by atoms with Crippen LogP contribution < -0.4 is 10.2 Å². The molecule has 0 bridgehead atoms. The number of carbonyl (C=O) groups excluding carboxylic acids is 2. The van der Waals surface area contributed by atoms with Crippen molar-refractivity contribution in [2.45, 2.75) is 25.6 Å². The smallest absolute Gasteiger partial charge is 0.322 e. The van der Waals surface area contributed by atoms with Gasteiger partial charge in [0.05, 0.1) is 12.0 Å². The molecular weight excluding hydrogens is 529 g/mol. The first-order chi connectivity index (χ1) is 19.6. The number of pyridine rings is 1. The lowest BCUT2D eigenvalue weighted by atomic mass is 9.95. The molecule has 0 saturated carbocycles. The zero-order valence-corrected chi connectivity index (χ0v) is 22.7. The van der Waals surface area contributed by atoms with E-state index in [0.717, 1.165) is 28.9 Å². The second-order valence-electron chi connectivity index (χ2n) is 10.3. The van der Waals surface area contributed by atoms with Crippen molar-refractivity contribution in [3.05, 3.63) is 113 Å². The van der Waals surface area contributed by atoms with Gasteiger partial charge in [0.2, 0.25) is 5.91 Å². The van der Waals surface area contributed by atoms with Gasteiger partial charge < -0.3 is 15.1 Å². The van der Waals surface area contributed by atoms with Crippen molar-refractivity contribution >= 4 is 23.2 Å². The van der Waals surface area contributed by atoms with Gasteiger partial charge in [-0.25, -0.2) is 0 Å². The molecule has 6 nitrogen and oxygen atoms in total. The second-order valence-corrected chi connectivity index (χ2v) is 10.3. The summed E-state index contributed by atoms with van der Waals surface area (Å²) in [5.41, 5.74) is 4.61. The van der Waals surface area contributed by atoms with E-state index in [-0.39, 0.29) is 18.2 Å². The van der Waals surface area contributed by atoms with Gasteiger partial charge in [-0.1, -0.05) is 24.3 Å². The third kappa shape index (κ3) is 6.47. The van der Waals surface area contributed by atoms with Crippen LogP contribution in [-0.4, -0.2) is 42.3 Å². The van der Waals surface area contributed by atoms with Crippen LogP contribution in [-0.2, 0) is 30.4 Å². The average Bonchev–Trinajstić information content (AvgIpc) is 3.36. The Hall–Kier alpha value is -4.50. The van der Waals surface area contributed by atoms with Crippen LogP contribution in [0.25, 0.3) is 11.1 Å². The first-order valence-electron chi connectivity index (χ1n) is 13.2. The summed E-state index contributed by atoms with van der Waals surface area (Å²) < 4.78 is 39.4. The monoisotopic (exact) mass is 558 g/mol. The van der Waals surface area contributed by atoms with E-state index in [4.69, 9.17) is 0 Å². The van der Waals surface area contributed by atoms with Crippen LogP contribution in [0.1, 0.15) is 32.7 Å². The molecule has 3 aromatic carbocycles. The van der Waals surface area contributed by atoms with Crippen LogP contribution in [0.5, 0.6) is 0 Å². The summed E-state index contributed by atoms with van der Waals surface area (Å²) >= 11 is 0. The van der Waals surface area contributed by atoms with Gasteiger partial charge in [-0.3, -0.25) is 14.6 Å². The van der Waals surface area contributed by atoms with Gasteiger partial charge in [0.1, 0.15) is 0 Å². The number of amides is 2. The van der Waals surface area contributed by atoms with Crippen molar-refractivity contribution in [3.63, 3.8) is 0 Å². The predicted molar refractivity (Wildman–Crippen MR) is 153 cm³/mol. The van der Waals surface area contributed by atoms with Gasteiger partial charge in [0, 0.05) is 41.9 Å². The van der Waals surface area contributed by atoms with Crippen LogP contribution in [0.15, 0.2) is 85.1 Å². The minimum atomic E-state index is -4.45. The number of hydrogen-bond acceptors (Lipinski definition) is 4. The first kappa shape index (κ1) is 28.0. The Morgan fingerprint density at radius 3 is 2.44 bits per heavy atom. The SMILES string of the molecule is CN(C)Cc1ccc(C(=O)Nc2ccc3c(c2)CCN3C(=O)Cc2ccccn2)c(-c2ccc(C(F)(F)F)cc2)c1. The molecular formula is C32H29F3N4O2. The number of hydrogen-bond donors (Lipinski definition) is 1. The number of aromatic nitrogens is 1. The molecule has 0 spiro atoms. The van der Waals surface area contributed by atoms with Crippen molar-refractivity contribution in [3.8, 4) is 11.1 Å². The van der Waals surface area contributed by atoms with E-state index in [2.05, 4.69) is 10.3 Å². The van der Waals surface area contributed by atoms with Gasteiger partial charge in [-0.05, 0) is 97.4 Å². The maximum Gasteiger partial charge on any atom is 0.416 e. The Kier molecular flexibility index (Phi) is 7.90. The van der Waals surface area contributed by atoms with Crippen molar-refractivity contribution < 1.29 is 22.8 Å². The van der Waals surface area contributed by atoms with E-state index in [0.29, 0.717) is 47.6 Å². The van der Waals surface area contributed by atoms with E-state index in [1.54, 1.807) is 29.3 Å². The summed E-state index contributed by atoms with van der Waals surface area (Å²) in [6, 6.07) is 21.1. The quantitative estimate of drug-likeness (QED) is 0.293. The molecule has 0 atom stereocenters. The number of rotatable bonds is 7. The minimum absolute atomic E-state index is 0.0433. The lowest BCUT2D eigenvalue weighted by Gasteiger charge is -2.18. The van der Waals surface area contributed by atoms with E-state index >= 15 is 0 Å². The molecule has 210 valence electrons. The summed E-state index contributed by atoms with van der Waals surface area (Å²) in [7, 11) is 3.83. The van der Waals surface area contributed by atoms with Gasteiger partial charge in [0.25, 0.3) is 5.91 Å². The molecule has 1 N–H and O–H groups in total. The van der Waals surface area contributed by atoms with Crippen LogP contribution in [0.4, 0.5) is 24.5 Å². The molecule has 0 radical (unpaired) electrons. The zero-order chi connectivity index (χ0) is 29.1. The Labute approximate surface area is 236 Å². The molecule has 0 saturated heterocycles. The van der Waals surface area contributed by atoms with Gasteiger partial charge >= 0.3 is 6.18 Å². The molecule has 0 aliphatic carbocycles. The second kappa shape index (κ2) is 11.5. The number of nitrogens with one attached hydrogen (secondary N) is 1. The lowest BCUT2D eigenvalue weighted by Crippen LogP contribution is -2.30. The molecule has 41 heavy (non-hydrogen) atoms. The molecule has 0 unspecified atom stereocenters. The molecule has 4 aromatic rings. The standard InChI is InChI=1S/C32H29F3N4O2/c1-38(2)20-21-6-12-27(28(17-21)22-7-9-24(10-8-22)32(33,34)35)31(41)37-26-11-13-29-23(18-26)14-16-39(29)30(40)19-25-5-3-4-15-36-25/h3-13,15,17-18H,14,16,19-20H2,1-2H3,(H,37,41). The van der Waals surface area contributed by atoms with Crippen LogP contribution in [0.2, 0.25) is 0 Å². The molecule has 2 amide bonds. The number of alkyl halides is 3. The number of nitrogens with zero attached hydrogens (tertiary/aromatic N) is 3. The number of anilines is 2. The van der Waals surface area contributed by atoms with Crippen molar-refractivity contribution in [2.24, 2.45) is 0 Å². The molecule has 0 fully saturated rings. The highest BCUT2D eigenvalue weighted by molar-refractivity contribution is 6.09. The van der Waals surface area contributed by atoms with Crippen molar-refractivity contribution in [1.29, 1.82) is 0 Å². The van der Waals surface area contributed by atoms with Crippen molar-refractivity contribution in [2.75, 3.05) is 30.9 Å². The normalized spacial score (nSPS) is 12.9. The maximum absolute atomic E-state index is 13.5. The fourth-order valence-corrected chi connectivity index (χ4v) is 5.02.